The monoisotopic (exact) mass is 374 g/mol. The Morgan fingerprint density at radius 2 is 1.82 bits per heavy atom. The molecular formula is C25H30N2O. The van der Waals surface area contributed by atoms with Gasteiger partial charge in [-0.15, -0.1) is 0 Å². The second kappa shape index (κ2) is 10.5. The van der Waals surface area contributed by atoms with Crippen LogP contribution in [0.25, 0.3) is 17.0 Å². The molecule has 3 heteroatoms. The molecule has 0 bridgehead atoms. The van der Waals surface area contributed by atoms with E-state index >= 15 is 0 Å². The Bertz CT molecular complexity index is 895. The van der Waals surface area contributed by atoms with Gasteiger partial charge < -0.3 is 9.88 Å². The van der Waals surface area contributed by atoms with Crippen molar-refractivity contribution in [3.8, 4) is 0 Å². The van der Waals surface area contributed by atoms with Crippen molar-refractivity contribution in [2.45, 2.75) is 39.0 Å². The second-order valence-electron chi connectivity index (χ2n) is 7.22. The fourth-order valence-electron chi connectivity index (χ4n) is 3.48. The second-order valence-corrected chi connectivity index (χ2v) is 7.22. The Balaban J connectivity index is 1.64. The highest BCUT2D eigenvalue weighted by molar-refractivity contribution is 5.83. The summed E-state index contributed by atoms with van der Waals surface area (Å²) >= 11 is 0. The van der Waals surface area contributed by atoms with Crippen LogP contribution in [0.4, 0.5) is 0 Å². The summed E-state index contributed by atoms with van der Waals surface area (Å²) in [5, 5.41) is 1.25. The van der Waals surface area contributed by atoms with Gasteiger partial charge in [0.1, 0.15) is 0 Å². The van der Waals surface area contributed by atoms with Gasteiger partial charge in [0, 0.05) is 36.6 Å². The average molecular weight is 375 g/mol. The number of fused-ring (bicyclic) bond motifs is 1. The van der Waals surface area contributed by atoms with Crippen molar-refractivity contribution < 1.29 is 4.79 Å². The van der Waals surface area contributed by atoms with E-state index in [0.29, 0.717) is 13.0 Å². The third-order valence-electron chi connectivity index (χ3n) is 5.11. The summed E-state index contributed by atoms with van der Waals surface area (Å²) in [5.41, 5.74) is 3.59. The van der Waals surface area contributed by atoms with Crippen LogP contribution >= 0.6 is 0 Å². The first-order valence-corrected chi connectivity index (χ1v) is 10.3. The van der Waals surface area contributed by atoms with Crippen molar-refractivity contribution >= 4 is 22.9 Å². The SMILES string of the molecule is CCCCCC(=O)N(C/C=C/c1ccccc1)CCc1c[nH]c2ccccc12. The number of rotatable bonds is 10. The lowest BCUT2D eigenvalue weighted by atomic mass is 10.1. The number of aromatic amines is 1. The molecule has 0 aliphatic rings. The smallest absolute Gasteiger partial charge is 0.222 e. The van der Waals surface area contributed by atoms with Gasteiger partial charge in [0.15, 0.2) is 0 Å². The minimum absolute atomic E-state index is 0.256. The van der Waals surface area contributed by atoms with E-state index in [1.165, 1.54) is 10.9 Å². The molecule has 0 spiro atoms. The molecule has 1 heterocycles. The topological polar surface area (TPSA) is 36.1 Å². The number of hydrogen-bond acceptors (Lipinski definition) is 1. The van der Waals surface area contributed by atoms with Gasteiger partial charge in [-0.05, 0) is 30.0 Å². The summed E-state index contributed by atoms with van der Waals surface area (Å²) in [6, 6.07) is 18.6. The lowest BCUT2D eigenvalue weighted by molar-refractivity contribution is -0.130. The van der Waals surface area contributed by atoms with Gasteiger partial charge >= 0.3 is 0 Å². The van der Waals surface area contributed by atoms with Crippen LogP contribution in [-0.2, 0) is 11.2 Å². The summed E-state index contributed by atoms with van der Waals surface area (Å²) in [6.07, 6.45) is 11.0. The number of hydrogen-bond donors (Lipinski definition) is 1. The molecule has 0 unspecified atom stereocenters. The predicted molar refractivity (Wildman–Crippen MR) is 118 cm³/mol. The molecule has 0 saturated heterocycles. The number of nitrogens with zero attached hydrogens (tertiary/aromatic N) is 1. The molecule has 1 aromatic heterocycles. The van der Waals surface area contributed by atoms with Gasteiger partial charge in [-0.2, -0.15) is 0 Å². The number of carbonyl (C=O) groups is 1. The van der Waals surface area contributed by atoms with Gasteiger partial charge in [0.2, 0.25) is 5.91 Å². The molecule has 0 radical (unpaired) electrons. The van der Waals surface area contributed by atoms with E-state index in [1.807, 2.05) is 29.2 Å². The first-order chi connectivity index (χ1) is 13.8. The van der Waals surface area contributed by atoms with Crippen molar-refractivity contribution in [3.05, 3.63) is 78.0 Å². The van der Waals surface area contributed by atoms with Crippen LogP contribution < -0.4 is 0 Å². The number of nitrogens with one attached hydrogen (secondary N) is 1. The molecule has 146 valence electrons. The lowest BCUT2D eigenvalue weighted by Crippen LogP contribution is -2.33. The third-order valence-corrected chi connectivity index (χ3v) is 5.11. The van der Waals surface area contributed by atoms with Gasteiger partial charge in [0.05, 0.1) is 0 Å². The van der Waals surface area contributed by atoms with E-state index < -0.39 is 0 Å². The van der Waals surface area contributed by atoms with E-state index in [0.717, 1.165) is 43.3 Å². The Hall–Kier alpha value is -2.81. The summed E-state index contributed by atoms with van der Waals surface area (Å²) in [5.74, 6) is 0.256. The molecule has 0 fully saturated rings. The molecule has 3 nitrogen and oxygen atoms in total. The highest BCUT2D eigenvalue weighted by Crippen LogP contribution is 2.18. The van der Waals surface area contributed by atoms with E-state index in [2.05, 4.69) is 60.6 Å². The van der Waals surface area contributed by atoms with Crippen molar-refractivity contribution in [1.29, 1.82) is 0 Å². The predicted octanol–water partition coefficient (Wildman–Crippen LogP) is 5.83. The van der Waals surface area contributed by atoms with E-state index in [1.54, 1.807) is 0 Å². The van der Waals surface area contributed by atoms with Gasteiger partial charge in [-0.3, -0.25) is 4.79 Å². The normalized spacial score (nSPS) is 11.3. The average Bonchev–Trinajstić information content (AvgIpc) is 3.14. The van der Waals surface area contributed by atoms with Crippen LogP contribution in [-0.4, -0.2) is 28.9 Å². The fourth-order valence-corrected chi connectivity index (χ4v) is 3.48. The fraction of sp³-hybridized carbons (Fsp3) is 0.320. The van der Waals surface area contributed by atoms with E-state index in [9.17, 15) is 4.79 Å². The highest BCUT2D eigenvalue weighted by Gasteiger charge is 2.13. The summed E-state index contributed by atoms with van der Waals surface area (Å²) < 4.78 is 0. The third kappa shape index (κ3) is 5.59. The molecule has 3 rings (SSSR count). The van der Waals surface area contributed by atoms with Crippen LogP contribution in [0.3, 0.4) is 0 Å². The number of aromatic nitrogens is 1. The maximum absolute atomic E-state index is 12.8. The molecule has 0 saturated carbocycles. The summed E-state index contributed by atoms with van der Waals surface area (Å²) in [4.78, 5) is 18.1. The standard InChI is InChI=1S/C25H30N2O/c1-2-3-5-16-25(28)27(18-10-13-21-11-6-4-7-12-21)19-17-22-20-26-24-15-9-8-14-23(22)24/h4,6-15,20,26H,2-3,5,16-19H2,1H3/b13-10+. The summed E-state index contributed by atoms with van der Waals surface area (Å²) in [7, 11) is 0. The number of H-pyrrole nitrogens is 1. The lowest BCUT2D eigenvalue weighted by Gasteiger charge is -2.21. The molecule has 0 aliphatic carbocycles. The molecule has 3 aromatic rings. The van der Waals surface area contributed by atoms with E-state index in [4.69, 9.17) is 0 Å². The quantitative estimate of drug-likeness (QED) is 0.445. The van der Waals surface area contributed by atoms with Gasteiger partial charge in [0.25, 0.3) is 0 Å². The molecular weight excluding hydrogens is 344 g/mol. The molecule has 1 N–H and O–H groups in total. The number of benzene rings is 2. The van der Waals surface area contributed by atoms with Gasteiger partial charge in [-0.25, -0.2) is 0 Å². The highest BCUT2D eigenvalue weighted by atomic mass is 16.2. The zero-order valence-corrected chi connectivity index (χ0v) is 16.7. The minimum Gasteiger partial charge on any atom is -0.361 e. The Morgan fingerprint density at radius 1 is 1.04 bits per heavy atom. The largest absolute Gasteiger partial charge is 0.361 e. The summed E-state index contributed by atoms with van der Waals surface area (Å²) in [6.45, 7) is 3.57. The minimum atomic E-state index is 0.256. The number of unbranched alkanes of at least 4 members (excludes halogenated alkanes) is 2. The Labute approximate surface area is 168 Å². The zero-order chi connectivity index (χ0) is 19.6. The first kappa shape index (κ1) is 19.9. The van der Waals surface area contributed by atoms with Crippen molar-refractivity contribution in [2.24, 2.45) is 0 Å². The molecule has 28 heavy (non-hydrogen) atoms. The van der Waals surface area contributed by atoms with Crippen LogP contribution in [0.1, 0.15) is 43.7 Å². The zero-order valence-electron chi connectivity index (χ0n) is 16.7. The molecule has 0 aliphatic heterocycles. The van der Waals surface area contributed by atoms with Crippen LogP contribution in [0, 0.1) is 0 Å². The van der Waals surface area contributed by atoms with Crippen LogP contribution in [0.15, 0.2) is 66.9 Å². The molecule has 1 amide bonds. The van der Waals surface area contributed by atoms with Crippen LogP contribution in [0.2, 0.25) is 0 Å². The van der Waals surface area contributed by atoms with Crippen molar-refractivity contribution in [1.82, 2.24) is 9.88 Å². The first-order valence-electron chi connectivity index (χ1n) is 10.3. The van der Waals surface area contributed by atoms with Crippen molar-refractivity contribution in [2.75, 3.05) is 13.1 Å². The number of para-hydroxylation sites is 1. The molecule has 0 atom stereocenters. The van der Waals surface area contributed by atoms with Gasteiger partial charge in [-0.1, -0.05) is 80.4 Å². The number of amides is 1. The number of carbonyl (C=O) groups excluding carboxylic acids is 1. The maximum atomic E-state index is 12.8. The molecule has 2 aromatic carbocycles. The van der Waals surface area contributed by atoms with E-state index in [-0.39, 0.29) is 5.91 Å². The Morgan fingerprint density at radius 3 is 2.64 bits per heavy atom. The maximum Gasteiger partial charge on any atom is 0.222 e. The van der Waals surface area contributed by atoms with Crippen molar-refractivity contribution in [3.63, 3.8) is 0 Å². The Kier molecular flexibility index (Phi) is 7.48. The van der Waals surface area contributed by atoms with Crippen LogP contribution in [0.5, 0.6) is 0 Å².